The zero-order valence-corrected chi connectivity index (χ0v) is 13.6. The van der Waals surface area contributed by atoms with Crippen molar-refractivity contribution in [3.05, 3.63) is 29.3 Å². The zero-order chi connectivity index (χ0) is 16.9. The fourth-order valence-corrected chi connectivity index (χ4v) is 4.30. The SMILES string of the molecule is CC[Si](CCCN(F)c1cc(F)c(F)c(F)c1F)(OC)OC. The maximum absolute atomic E-state index is 13.8. The van der Waals surface area contributed by atoms with Crippen LogP contribution in [0, 0.1) is 23.3 Å². The lowest BCUT2D eigenvalue weighted by Crippen LogP contribution is -2.39. The van der Waals surface area contributed by atoms with Crippen molar-refractivity contribution in [1.82, 2.24) is 0 Å². The third-order valence-electron chi connectivity index (χ3n) is 3.54. The Morgan fingerprint density at radius 1 is 1.05 bits per heavy atom. The molecule has 0 spiro atoms. The van der Waals surface area contributed by atoms with Gasteiger partial charge in [-0.2, -0.15) is 0 Å². The maximum atomic E-state index is 13.8. The lowest BCUT2D eigenvalue weighted by Gasteiger charge is -2.26. The Hall–Kier alpha value is -1.19. The number of hydrogen-bond acceptors (Lipinski definition) is 3. The van der Waals surface area contributed by atoms with Crippen LogP contribution in [-0.4, -0.2) is 29.3 Å². The molecule has 0 unspecified atom stereocenters. The molecule has 9 heteroatoms. The number of halogens is 5. The Balaban J connectivity index is 2.77. The second-order valence-electron chi connectivity index (χ2n) is 4.68. The molecule has 0 N–H and O–H groups in total. The van der Waals surface area contributed by atoms with Crippen molar-refractivity contribution in [3.8, 4) is 0 Å². The van der Waals surface area contributed by atoms with E-state index in [1.165, 1.54) is 14.2 Å². The van der Waals surface area contributed by atoms with Crippen molar-refractivity contribution < 1.29 is 30.9 Å². The average Bonchev–Trinajstić information content (AvgIpc) is 2.53. The van der Waals surface area contributed by atoms with E-state index in [1.807, 2.05) is 6.92 Å². The van der Waals surface area contributed by atoms with Gasteiger partial charge in [0, 0.05) is 20.3 Å². The average molecular weight is 343 g/mol. The highest BCUT2D eigenvalue weighted by Crippen LogP contribution is 2.27. The predicted molar refractivity (Wildman–Crippen MR) is 74.4 cm³/mol. The first-order valence-electron chi connectivity index (χ1n) is 6.68. The van der Waals surface area contributed by atoms with Crippen molar-refractivity contribution in [1.29, 1.82) is 0 Å². The molecule has 1 aromatic carbocycles. The highest BCUT2D eigenvalue weighted by atomic mass is 28.4. The van der Waals surface area contributed by atoms with E-state index in [0.29, 0.717) is 12.1 Å². The van der Waals surface area contributed by atoms with Gasteiger partial charge in [-0.1, -0.05) is 11.4 Å². The van der Waals surface area contributed by atoms with Gasteiger partial charge in [0.1, 0.15) is 5.69 Å². The van der Waals surface area contributed by atoms with Crippen LogP contribution >= 0.6 is 0 Å². The Morgan fingerprint density at radius 2 is 1.64 bits per heavy atom. The van der Waals surface area contributed by atoms with Crippen molar-refractivity contribution in [2.75, 3.05) is 25.9 Å². The van der Waals surface area contributed by atoms with Crippen molar-refractivity contribution in [2.24, 2.45) is 0 Å². The van der Waals surface area contributed by atoms with Gasteiger partial charge in [0.25, 0.3) is 0 Å². The normalized spacial score (nSPS) is 11.8. The van der Waals surface area contributed by atoms with Gasteiger partial charge in [-0.15, -0.1) is 0 Å². The molecule has 0 aliphatic carbocycles. The molecule has 1 rings (SSSR count). The second-order valence-corrected chi connectivity index (χ2v) is 8.53. The Labute approximate surface area is 126 Å². The summed E-state index contributed by atoms with van der Waals surface area (Å²) >= 11 is 0. The minimum atomic E-state index is -2.42. The van der Waals surface area contributed by atoms with Gasteiger partial charge in [-0.05, 0) is 18.5 Å². The lowest BCUT2D eigenvalue weighted by atomic mass is 10.2. The highest BCUT2D eigenvalue weighted by Gasteiger charge is 2.33. The largest absolute Gasteiger partial charge is 0.398 e. The highest BCUT2D eigenvalue weighted by molar-refractivity contribution is 6.67. The molecular formula is C13H18F5NO2Si. The fraction of sp³-hybridized carbons (Fsp3) is 0.538. The molecule has 0 radical (unpaired) electrons. The summed E-state index contributed by atoms with van der Waals surface area (Å²) in [5.41, 5.74) is -0.977. The van der Waals surface area contributed by atoms with Gasteiger partial charge in [0.15, 0.2) is 23.3 Å². The van der Waals surface area contributed by atoms with E-state index >= 15 is 0 Å². The van der Waals surface area contributed by atoms with Gasteiger partial charge in [-0.25, -0.2) is 22.7 Å². The van der Waals surface area contributed by atoms with E-state index in [4.69, 9.17) is 8.85 Å². The quantitative estimate of drug-likeness (QED) is 0.233. The van der Waals surface area contributed by atoms with Gasteiger partial charge < -0.3 is 8.85 Å². The first-order chi connectivity index (χ1) is 10.3. The first-order valence-corrected chi connectivity index (χ1v) is 8.91. The van der Waals surface area contributed by atoms with Crippen molar-refractivity contribution >= 4 is 14.2 Å². The van der Waals surface area contributed by atoms with E-state index in [2.05, 4.69) is 0 Å². The smallest absolute Gasteiger partial charge is 0.337 e. The number of anilines is 1. The molecule has 1 aromatic rings. The summed E-state index contributed by atoms with van der Waals surface area (Å²) in [6, 6.07) is 1.34. The van der Waals surface area contributed by atoms with E-state index in [0.717, 1.165) is 0 Å². The van der Waals surface area contributed by atoms with Crippen LogP contribution in [0.4, 0.5) is 27.7 Å². The second kappa shape index (κ2) is 7.89. The van der Waals surface area contributed by atoms with Gasteiger partial charge in [0.2, 0.25) is 0 Å². The van der Waals surface area contributed by atoms with E-state index < -0.39 is 37.5 Å². The first kappa shape index (κ1) is 18.9. The predicted octanol–water partition coefficient (Wildman–Crippen LogP) is 4.08. The molecule has 22 heavy (non-hydrogen) atoms. The molecule has 0 bridgehead atoms. The monoisotopic (exact) mass is 343 g/mol. The molecule has 0 heterocycles. The molecular weight excluding hydrogens is 325 g/mol. The molecule has 0 amide bonds. The number of benzene rings is 1. The van der Waals surface area contributed by atoms with Crippen LogP contribution in [0.1, 0.15) is 13.3 Å². The summed E-state index contributed by atoms with van der Waals surface area (Å²) in [6.07, 6.45) is 0.221. The number of nitrogens with zero attached hydrogens (tertiary/aromatic N) is 1. The summed E-state index contributed by atoms with van der Waals surface area (Å²) in [7, 11) is 0.569. The molecule has 0 atom stereocenters. The Bertz CT molecular complexity index is 505. The van der Waals surface area contributed by atoms with Crippen LogP contribution in [0.15, 0.2) is 6.07 Å². The van der Waals surface area contributed by atoms with Crippen LogP contribution in [0.3, 0.4) is 0 Å². The summed E-state index contributed by atoms with van der Waals surface area (Å²) in [5, 5.41) is -0.152. The molecule has 3 nitrogen and oxygen atoms in total. The van der Waals surface area contributed by atoms with Crippen molar-refractivity contribution in [2.45, 2.75) is 25.4 Å². The fourth-order valence-electron chi connectivity index (χ4n) is 2.10. The van der Waals surface area contributed by atoms with Crippen LogP contribution in [-0.2, 0) is 8.85 Å². The molecule has 0 aromatic heterocycles. The molecule has 0 aliphatic rings. The van der Waals surface area contributed by atoms with Crippen LogP contribution in [0.2, 0.25) is 12.1 Å². The number of hydrogen-bond donors (Lipinski definition) is 0. The van der Waals surface area contributed by atoms with Crippen molar-refractivity contribution in [3.63, 3.8) is 0 Å². The summed E-state index contributed by atoms with van der Waals surface area (Å²) in [6.45, 7) is 1.54. The molecule has 0 saturated heterocycles. The van der Waals surface area contributed by atoms with Crippen LogP contribution < -0.4 is 5.12 Å². The minimum Gasteiger partial charge on any atom is -0.398 e. The van der Waals surface area contributed by atoms with Gasteiger partial charge in [-0.3, -0.25) is 0 Å². The van der Waals surface area contributed by atoms with Gasteiger partial charge in [0.05, 0.1) is 6.54 Å². The summed E-state index contributed by atoms with van der Waals surface area (Å²) < 4.78 is 76.9. The topological polar surface area (TPSA) is 21.7 Å². The Morgan fingerprint density at radius 3 is 2.14 bits per heavy atom. The van der Waals surface area contributed by atoms with E-state index in [9.17, 15) is 22.0 Å². The van der Waals surface area contributed by atoms with Crippen LogP contribution in [0.5, 0.6) is 0 Å². The maximum Gasteiger partial charge on any atom is 0.337 e. The lowest BCUT2D eigenvalue weighted by molar-refractivity contribution is 0.241. The third-order valence-corrected chi connectivity index (χ3v) is 7.22. The molecule has 0 fully saturated rings. The standard InChI is InChI=1S/C13H18F5NO2Si/c1-4-22(20-2,21-3)7-5-6-19(18)10-8-9(14)11(15)13(17)12(10)16/h8H,4-7H2,1-3H3. The molecule has 126 valence electrons. The van der Waals surface area contributed by atoms with E-state index in [1.54, 1.807) is 0 Å². The van der Waals surface area contributed by atoms with Gasteiger partial charge >= 0.3 is 8.56 Å². The molecule has 0 aliphatic heterocycles. The van der Waals surface area contributed by atoms with Crippen LogP contribution in [0.25, 0.3) is 0 Å². The Kier molecular flexibility index (Phi) is 6.76. The zero-order valence-electron chi connectivity index (χ0n) is 12.6. The molecule has 0 saturated carbocycles. The number of rotatable bonds is 8. The third kappa shape index (κ3) is 3.96. The summed E-state index contributed by atoms with van der Waals surface area (Å²) in [5.74, 6) is -7.42. The summed E-state index contributed by atoms with van der Waals surface area (Å²) in [4.78, 5) is 0. The minimum absolute atomic E-state index is 0.152. The van der Waals surface area contributed by atoms with E-state index in [-0.39, 0.29) is 24.2 Å².